The Hall–Kier alpha value is -1.89. The van der Waals surface area contributed by atoms with Crippen molar-refractivity contribution < 1.29 is 14.8 Å². The van der Waals surface area contributed by atoms with Crippen LogP contribution in [0.1, 0.15) is 5.56 Å². The van der Waals surface area contributed by atoms with Crippen LogP contribution in [0.4, 0.5) is 5.69 Å². The standard InChI is InChI=1S/C16H21BN2O3/c1-14-7-8-16(18-13-14)17(21)22-12-10-19(9-11-20)15-5-3-2-4-6-15/h2-8,13,20-21H,9-12H2,1H3. The first-order chi connectivity index (χ1) is 10.7. The maximum Gasteiger partial charge on any atom is 0.510 e. The van der Waals surface area contributed by atoms with Crippen LogP contribution in [0.15, 0.2) is 48.7 Å². The van der Waals surface area contributed by atoms with Crippen molar-refractivity contribution in [2.75, 3.05) is 31.2 Å². The molecule has 0 unspecified atom stereocenters. The van der Waals surface area contributed by atoms with Crippen LogP contribution in [0.5, 0.6) is 0 Å². The van der Waals surface area contributed by atoms with Gasteiger partial charge in [-0.05, 0) is 30.7 Å². The van der Waals surface area contributed by atoms with Crippen molar-refractivity contribution in [1.82, 2.24) is 4.98 Å². The van der Waals surface area contributed by atoms with Crippen LogP contribution in [-0.2, 0) is 4.65 Å². The number of aryl methyl sites for hydroxylation is 1. The average molecular weight is 300 g/mol. The van der Waals surface area contributed by atoms with E-state index >= 15 is 0 Å². The third kappa shape index (κ3) is 4.84. The van der Waals surface area contributed by atoms with Crippen LogP contribution in [0.2, 0.25) is 0 Å². The van der Waals surface area contributed by atoms with Gasteiger partial charge in [-0.25, -0.2) is 0 Å². The highest BCUT2D eigenvalue weighted by molar-refractivity contribution is 6.58. The molecule has 0 bridgehead atoms. The Morgan fingerprint density at radius 3 is 2.55 bits per heavy atom. The fraction of sp³-hybridized carbons (Fsp3) is 0.312. The number of para-hydroxylation sites is 1. The summed E-state index contributed by atoms with van der Waals surface area (Å²) in [6, 6.07) is 13.4. The Balaban J connectivity index is 1.86. The quantitative estimate of drug-likeness (QED) is 0.699. The van der Waals surface area contributed by atoms with Gasteiger partial charge in [-0.1, -0.05) is 24.3 Å². The zero-order valence-corrected chi connectivity index (χ0v) is 12.7. The van der Waals surface area contributed by atoms with Gasteiger partial charge in [0, 0.05) is 31.6 Å². The molecule has 0 spiro atoms. The van der Waals surface area contributed by atoms with Gasteiger partial charge >= 0.3 is 7.12 Å². The van der Waals surface area contributed by atoms with E-state index in [-0.39, 0.29) is 6.61 Å². The first-order valence-corrected chi connectivity index (χ1v) is 7.34. The molecular weight excluding hydrogens is 279 g/mol. The number of aliphatic hydroxyl groups is 1. The van der Waals surface area contributed by atoms with Crippen molar-refractivity contribution in [2.24, 2.45) is 0 Å². The molecule has 116 valence electrons. The zero-order valence-electron chi connectivity index (χ0n) is 12.7. The summed E-state index contributed by atoms with van der Waals surface area (Å²) < 4.78 is 5.44. The summed E-state index contributed by atoms with van der Waals surface area (Å²) in [4.78, 5) is 6.15. The molecule has 2 rings (SSSR count). The number of benzene rings is 1. The second kappa shape index (κ2) is 8.53. The minimum absolute atomic E-state index is 0.0664. The lowest BCUT2D eigenvalue weighted by atomic mass is 9.84. The van der Waals surface area contributed by atoms with Gasteiger partial charge in [0.25, 0.3) is 0 Å². The predicted molar refractivity (Wildman–Crippen MR) is 88.3 cm³/mol. The number of nitrogens with zero attached hydrogens (tertiary/aromatic N) is 2. The van der Waals surface area contributed by atoms with Crippen LogP contribution in [0.25, 0.3) is 0 Å². The largest absolute Gasteiger partial charge is 0.510 e. The normalized spacial score (nSPS) is 10.5. The van der Waals surface area contributed by atoms with Crippen LogP contribution < -0.4 is 10.5 Å². The highest BCUT2D eigenvalue weighted by Gasteiger charge is 2.18. The monoisotopic (exact) mass is 300 g/mol. The number of hydrogen-bond acceptors (Lipinski definition) is 5. The van der Waals surface area contributed by atoms with Gasteiger partial charge in [0.1, 0.15) is 0 Å². The van der Waals surface area contributed by atoms with Crippen molar-refractivity contribution in [1.29, 1.82) is 0 Å². The number of aromatic nitrogens is 1. The fourth-order valence-electron chi connectivity index (χ4n) is 2.11. The first kappa shape index (κ1) is 16.5. The van der Waals surface area contributed by atoms with E-state index in [1.54, 1.807) is 12.3 Å². The van der Waals surface area contributed by atoms with Gasteiger partial charge in [0.15, 0.2) is 0 Å². The lowest BCUT2D eigenvalue weighted by molar-refractivity contribution is 0.266. The lowest BCUT2D eigenvalue weighted by Gasteiger charge is -2.24. The van der Waals surface area contributed by atoms with Crippen LogP contribution in [-0.4, -0.2) is 48.5 Å². The molecule has 2 aromatic rings. The molecule has 0 aliphatic rings. The van der Waals surface area contributed by atoms with Crippen molar-refractivity contribution in [3.8, 4) is 0 Å². The van der Waals surface area contributed by atoms with Crippen molar-refractivity contribution in [3.05, 3.63) is 54.2 Å². The second-order valence-electron chi connectivity index (χ2n) is 5.03. The molecule has 0 atom stereocenters. The third-order valence-corrected chi connectivity index (χ3v) is 3.32. The molecular formula is C16H21BN2O3. The molecule has 2 N–H and O–H groups in total. The number of hydrogen-bond donors (Lipinski definition) is 2. The molecule has 6 heteroatoms. The first-order valence-electron chi connectivity index (χ1n) is 7.34. The van der Waals surface area contributed by atoms with Crippen molar-refractivity contribution >= 4 is 18.4 Å². The van der Waals surface area contributed by atoms with Gasteiger partial charge in [0.05, 0.1) is 12.2 Å². The summed E-state index contributed by atoms with van der Waals surface area (Å²) in [5, 5.41) is 19.1. The Labute approximate surface area is 131 Å². The summed E-state index contributed by atoms with van der Waals surface area (Å²) in [5.74, 6) is 0. The molecule has 0 amide bonds. The SMILES string of the molecule is Cc1ccc(B(O)OCCN(CCO)c2ccccc2)nc1. The molecule has 1 aromatic heterocycles. The molecule has 1 heterocycles. The fourth-order valence-corrected chi connectivity index (χ4v) is 2.11. The van der Waals surface area contributed by atoms with Crippen molar-refractivity contribution in [3.63, 3.8) is 0 Å². The van der Waals surface area contributed by atoms with E-state index < -0.39 is 7.12 Å². The lowest BCUT2D eigenvalue weighted by Crippen LogP contribution is -2.39. The van der Waals surface area contributed by atoms with E-state index in [9.17, 15) is 5.02 Å². The molecule has 0 saturated carbocycles. The van der Waals surface area contributed by atoms with Crippen LogP contribution in [0.3, 0.4) is 0 Å². The zero-order chi connectivity index (χ0) is 15.8. The summed E-state index contributed by atoms with van der Waals surface area (Å²) >= 11 is 0. The second-order valence-corrected chi connectivity index (χ2v) is 5.03. The van der Waals surface area contributed by atoms with Crippen LogP contribution in [0, 0.1) is 6.92 Å². The van der Waals surface area contributed by atoms with Gasteiger partial charge < -0.3 is 19.7 Å². The van der Waals surface area contributed by atoms with Gasteiger partial charge in [-0.2, -0.15) is 0 Å². The number of anilines is 1. The Kier molecular flexibility index (Phi) is 6.39. The summed E-state index contributed by atoms with van der Waals surface area (Å²) in [6.07, 6.45) is 1.70. The molecule has 0 saturated heterocycles. The Morgan fingerprint density at radius 1 is 1.14 bits per heavy atom. The Morgan fingerprint density at radius 2 is 1.91 bits per heavy atom. The maximum absolute atomic E-state index is 9.97. The highest BCUT2D eigenvalue weighted by atomic mass is 16.5. The number of pyridine rings is 1. The van der Waals surface area contributed by atoms with Gasteiger partial charge in [-0.15, -0.1) is 0 Å². The Bertz CT molecular complexity index is 551. The topological polar surface area (TPSA) is 65.8 Å². The number of rotatable bonds is 8. The minimum atomic E-state index is -1.03. The number of aliphatic hydroxyl groups excluding tert-OH is 1. The summed E-state index contributed by atoms with van der Waals surface area (Å²) in [6.45, 7) is 3.44. The van der Waals surface area contributed by atoms with E-state index in [1.807, 2.05) is 48.2 Å². The molecule has 0 radical (unpaired) electrons. The summed E-state index contributed by atoms with van der Waals surface area (Å²) in [7, 11) is -1.03. The van der Waals surface area contributed by atoms with E-state index in [2.05, 4.69) is 4.98 Å². The van der Waals surface area contributed by atoms with Gasteiger partial charge in [-0.3, -0.25) is 4.98 Å². The molecule has 5 nitrogen and oxygen atoms in total. The average Bonchev–Trinajstić information content (AvgIpc) is 2.55. The van der Waals surface area contributed by atoms with E-state index in [0.717, 1.165) is 11.3 Å². The van der Waals surface area contributed by atoms with E-state index in [0.29, 0.717) is 25.3 Å². The minimum Gasteiger partial charge on any atom is -0.422 e. The van der Waals surface area contributed by atoms with Gasteiger partial charge in [0.2, 0.25) is 0 Å². The van der Waals surface area contributed by atoms with E-state index in [4.69, 9.17) is 9.76 Å². The van der Waals surface area contributed by atoms with Crippen molar-refractivity contribution in [2.45, 2.75) is 6.92 Å². The molecule has 0 fully saturated rings. The maximum atomic E-state index is 9.97. The van der Waals surface area contributed by atoms with Crippen LogP contribution >= 0.6 is 0 Å². The van der Waals surface area contributed by atoms with E-state index in [1.165, 1.54) is 0 Å². The molecule has 22 heavy (non-hydrogen) atoms. The predicted octanol–water partition coefficient (Wildman–Crippen LogP) is 0.593. The highest BCUT2D eigenvalue weighted by Crippen LogP contribution is 2.12. The smallest absolute Gasteiger partial charge is 0.422 e. The summed E-state index contributed by atoms with van der Waals surface area (Å²) in [5.41, 5.74) is 2.55. The molecule has 0 aliphatic heterocycles. The third-order valence-electron chi connectivity index (χ3n) is 3.32. The molecule has 1 aromatic carbocycles. The molecule has 0 aliphatic carbocycles.